The van der Waals surface area contributed by atoms with E-state index in [1.54, 1.807) is 0 Å². The summed E-state index contributed by atoms with van der Waals surface area (Å²) >= 11 is 5.84. The Bertz CT molecular complexity index is 1430. The van der Waals surface area contributed by atoms with Gasteiger partial charge in [0.2, 0.25) is 5.91 Å². The number of pyridine rings is 1. The first-order valence-electron chi connectivity index (χ1n) is 13.1. The number of nitrogens with zero attached hydrogens (tertiary/aromatic N) is 3. The summed E-state index contributed by atoms with van der Waals surface area (Å²) in [6.45, 7) is 7.00. The van der Waals surface area contributed by atoms with E-state index in [4.69, 9.17) is 12.2 Å². The fourth-order valence-electron chi connectivity index (χ4n) is 5.44. The van der Waals surface area contributed by atoms with Gasteiger partial charge in [-0.2, -0.15) is 0 Å². The number of benzene rings is 2. The Morgan fingerprint density at radius 2 is 1.76 bits per heavy atom. The molecular formula is C31H33N5OS. The number of thiocarbonyl (C=S) groups is 1. The smallest absolute Gasteiger partial charge is 0.226 e. The Kier molecular flexibility index (Phi) is 7.56. The van der Waals surface area contributed by atoms with Crippen molar-refractivity contribution in [2.75, 3.05) is 11.9 Å². The molecule has 3 heterocycles. The number of nitrogens with one attached hydrogen (secondary N) is 2. The molecule has 1 aliphatic heterocycles. The zero-order valence-electron chi connectivity index (χ0n) is 22.0. The van der Waals surface area contributed by atoms with Gasteiger partial charge in [0.1, 0.15) is 0 Å². The molecule has 1 saturated heterocycles. The second kappa shape index (κ2) is 11.2. The summed E-state index contributed by atoms with van der Waals surface area (Å²) in [7, 11) is 0. The van der Waals surface area contributed by atoms with Gasteiger partial charge in [-0.05, 0) is 80.0 Å². The number of amides is 1. The minimum Gasteiger partial charge on any atom is -0.352 e. The highest BCUT2D eigenvalue weighted by atomic mass is 32.1. The van der Waals surface area contributed by atoms with Crippen LogP contribution in [0.25, 0.3) is 5.69 Å². The van der Waals surface area contributed by atoms with E-state index in [9.17, 15) is 4.79 Å². The zero-order valence-corrected chi connectivity index (χ0v) is 22.8. The van der Waals surface area contributed by atoms with E-state index >= 15 is 0 Å². The van der Waals surface area contributed by atoms with Gasteiger partial charge in [0, 0.05) is 41.9 Å². The van der Waals surface area contributed by atoms with E-state index in [2.05, 4.69) is 76.2 Å². The molecule has 4 aromatic rings. The molecule has 1 amide bonds. The summed E-state index contributed by atoms with van der Waals surface area (Å²) in [5.41, 5.74) is 7.73. The first-order chi connectivity index (χ1) is 18.5. The molecule has 5 rings (SSSR count). The summed E-state index contributed by atoms with van der Waals surface area (Å²) in [5, 5.41) is 7.14. The van der Waals surface area contributed by atoms with Crippen molar-refractivity contribution >= 4 is 28.9 Å². The lowest BCUT2D eigenvalue weighted by Gasteiger charge is -2.28. The minimum atomic E-state index is -0.128. The monoisotopic (exact) mass is 523 g/mol. The minimum absolute atomic E-state index is 0.0404. The number of aromatic nitrogens is 2. The van der Waals surface area contributed by atoms with E-state index in [0.29, 0.717) is 18.1 Å². The zero-order chi connectivity index (χ0) is 26.6. The van der Waals surface area contributed by atoms with E-state index in [1.165, 1.54) is 22.5 Å². The van der Waals surface area contributed by atoms with Crippen LogP contribution in [-0.4, -0.2) is 32.0 Å². The Hall–Kier alpha value is -3.97. The van der Waals surface area contributed by atoms with Crippen LogP contribution in [0.15, 0.2) is 85.1 Å². The van der Waals surface area contributed by atoms with Gasteiger partial charge in [-0.1, -0.05) is 49.4 Å². The molecule has 0 unspecified atom stereocenters. The highest BCUT2D eigenvalue weighted by Gasteiger charge is 2.41. The standard InChI is InChI=1S/C31H33N5OS/c1-4-23-12-8-9-16-27(23)36-21(2)20-25(22(36)3)30-29(26-15-10-11-18-32-26)34-31(38)35(30)19-17-28(37)33-24-13-6-5-7-14-24/h5-16,18,20,29-30H,4,17,19H2,1-3H3,(H,33,37)(H,34,38)/t29-,30-/m0/s1. The average molecular weight is 524 g/mol. The average Bonchev–Trinajstić information content (AvgIpc) is 3.42. The quantitative estimate of drug-likeness (QED) is 0.275. The van der Waals surface area contributed by atoms with Crippen molar-refractivity contribution in [3.63, 3.8) is 0 Å². The van der Waals surface area contributed by atoms with Crippen molar-refractivity contribution < 1.29 is 4.79 Å². The molecule has 0 radical (unpaired) electrons. The SMILES string of the molecule is CCc1ccccc1-n1c(C)cc([C@H]2[C@H](c3ccccn3)NC(=S)N2CCC(=O)Nc2ccccc2)c1C. The number of hydrogen-bond donors (Lipinski definition) is 2. The van der Waals surface area contributed by atoms with Crippen LogP contribution >= 0.6 is 12.2 Å². The number of aryl methyl sites for hydroxylation is 2. The highest BCUT2D eigenvalue weighted by molar-refractivity contribution is 7.80. The highest BCUT2D eigenvalue weighted by Crippen LogP contribution is 2.41. The van der Waals surface area contributed by atoms with Gasteiger partial charge in [0.25, 0.3) is 0 Å². The van der Waals surface area contributed by atoms with Gasteiger partial charge in [-0.15, -0.1) is 0 Å². The molecular weight excluding hydrogens is 490 g/mol. The normalized spacial score (nSPS) is 16.9. The molecule has 2 aromatic carbocycles. The van der Waals surface area contributed by atoms with Crippen molar-refractivity contribution in [3.8, 4) is 5.69 Å². The predicted molar refractivity (Wildman–Crippen MR) is 156 cm³/mol. The third kappa shape index (κ3) is 5.07. The van der Waals surface area contributed by atoms with Crippen LogP contribution in [0.3, 0.4) is 0 Å². The van der Waals surface area contributed by atoms with E-state index in [1.807, 2.05) is 54.7 Å². The van der Waals surface area contributed by atoms with Crippen molar-refractivity contribution in [3.05, 3.63) is 113 Å². The number of rotatable bonds is 8. The molecule has 0 saturated carbocycles. The Labute approximate surface area is 229 Å². The van der Waals surface area contributed by atoms with Crippen LogP contribution in [0, 0.1) is 13.8 Å². The predicted octanol–water partition coefficient (Wildman–Crippen LogP) is 6.05. The van der Waals surface area contributed by atoms with Crippen LogP contribution in [-0.2, 0) is 11.2 Å². The molecule has 6 nitrogen and oxygen atoms in total. The van der Waals surface area contributed by atoms with Crippen molar-refractivity contribution in [2.45, 2.75) is 45.7 Å². The summed E-state index contributed by atoms with van der Waals surface area (Å²) in [6.07, 6.45) is 3.09. The molecule has 2 N–H and O–H groups in total. The maximum atomic E-state index is 12.8. The van der Waals surface area contributed by atoms with Crippen LogP contribution in [0.2, 0.25) is 0 Å². The number of hydrogen-bond acceptors (Lipinski definition) is 3. The van der Waals surface area contributed by atoms with Crippen LogP contribution < -0.4 is 10.6 Å². The van der Waals surface area contributed by atoms with Gasteiger partial charge < -0.3 is 20.1 Å². The maximum absolute atomic E-state index is 12.8. The lowest BCUT2D eigenvalue weighted by atomic mass is 9.96. The molecule has 0 bridgehead atoms. The van der Waals surface area contributed by atoms with Crippen LogP contribution in [0.4, 0.5) is 5.69 Å². The molecule has 38 heavy (non-hydrogen) atoms. The summed E-state index contributed by atoms with van der Waals surface area (Å²) < 4.78 is 2.34. The lowest BCUT2D eigenvalue weighted by molar-refractivity contribution is -0.116. The second-order valence-corrected chi connectivity index (χ2v) is 10.0. The van der Waals surface area contributed by atoms with Crippen LogP contribution in [0.5, 0.6) is 0 Å². The Morgan fingerprint density at radius 1 is 1.03 bits per heavy atom. The van der Waals surface area contributed by atoms with Gasteiger partial charge >= 0.3 is 0 Å². The molecule has 7 heteroatoms. The largest absolute Gasteiger partial charge is 0.352 e. The molecule has 194 valence electrons. The van der Waals surface area contributed by atoms with Gasteiger partial charge in [-0.3, -0.25) is 9.78 Å². The first-order valence-corrected chi connectivity index (χ1v) is 13.5. The third-order valence-electron chi connectivity index (χ3n) is 7.24. The number of carbonyl (C=O) groups is 1. The molecule has 0 aliphatic carbocycles. The maximum Gasteiger partial charge on any atom is 0.226 e. The molecule has 2 atom stereocenters. The third-order valence-corrected chi connectivity index (χ3v) is 7.59. The Morgan fingerprint density at radius 3 is 2.50 bits per heavy atom. The lowest BCUT2D eigenvalue weighted by Crippen LogP contribution is -2.32. The summed E-state index contributed by atoms with van der Waals surface area (Å²) in [5.74, 6) is -0.0404. The molecule has 1 fully saturated rings. The van der Waals surface area contributed by atoms with E-state index in [-0.39, 0.29) is 18.0 Å². The first kappa shape index (κ1) is 25.7. The molecule has 0 spiro atoms. The van der Waals surface area contributed by atoms with Crippen molar-refractivity contribution in [1.82, 2.24) is 19.8 Å². The van der Waals surface area contributed by atoms with Gasteiger partial charge in [0.15, 0.2) is 5.11 Å². The number of carbonyl (C=O) groups excluding carboxylic acids is 1. The molecule has 2 aromatic heterocycles. The summed E-state index contributed by atoms with van der Waals surface area (Å²) in [6, 6.07) is 26.1. The molecule has 1 aliphatic rings. The number of para-hydroxylation sites is 2. The number of anilines is 1. The fraction of sp³-hybridized carbons (Fsp3) is 0.258. The van der Waals surface area contributed by atoms with E-state index in [0.717, 1.165) is 23.5 Å². The van der Waals surface area contributed by atoms with Gasteiger partial charge in [0.05, 0.1) is 17.8 Å². The summed E-state index contributed by atoms with van der Waals surface area (Å²) in [4.78, 5) is 19.6. The fourth-order valence-corrected chi connectivity index (χ4v) is 5.77. The topological polar surface area (TPSA) is 62.2 Å². The Balaban J connectivity index is 1.50. The van der Waals surface area contributed by atoms with Crippen LogP contribution in [0.1, 0.15) is 53.6 Å². The van der Waals surface area contributed by atoms with Gasteiger partial charge in [-0.25, -0.2) is 0 Å². The van der Waals surface area contributed by atoms with Crippen molar-refractivity contribution in [1.29, 1.82) is 0 Å². The second-order valence-electron chi connectivity index (χ2n) is 9.63. The van der Waals surface area contributed by atoms with Crippen molar-refractivity contribution in [2.24, 2.45) is 0 Å². The van der Waals surface area contributed by atoms with E-state index < -0.39 is 0 Å².